The summed E-state index contributed by atoms with van der Waals surface area (Å²) >= 11 is 0. The van der Waals surface area contributed by atoms with Crippen molar-refractivity contribution in [1.82, 2.24) is 10.5 Å². The molecule has 0 saturated carbocycles. The number of nitrogens with zero attached hydrogens (tertiary/aromatic N) is 1. The maximum atomic E-state index is 10.7. The maximum Gasteiger partial charge on any atom is 0.329 e. The second-order valence-corrected chi connectivity index (χ2v) is 1.91. The molecule has 2 N–H and O–H groups in total. The van der Waals surface area contributed by atoms with Gasteiger partial charge in [-0.1, -0.05) is 0 Å². The Kier molecular flexibility index (Phi) is 5.44. The highest BCUT2D eigenvalue weighted by molar-refractivity contribution is 5.82. The van der Waals surface area contributed by atoms with E-state index in [2.05, 4.69) is 10.2 Å². The zero-order valence-electron chi connectivity index (χ0n) is 6.89. The number of carbonyl (C=O) groups is 2. The van der Waals surface area contributed by atoms with E-state index in [1.807, 2.05) is 0 Å². The molecular formula is C6H9N2O5-. The Morgan fingerprint density at radius 3 is 2.77 bits per heavy atom. The van der Waals surface area contributed by atoms with Gasteiger partial charge in [-0.15, -0.1) is 0 Å². The van der Waals surface area contributed by atoms with E-state index in [1.165, 1.54) is 0 Å². The standard InChI is InChI=1S/C6H9N2O5/c1-13-8(12)4-5(9)7-3-2-6(10)11/h2-3H,4H2,1H3,(H,7,9)(H,10,11)/q-1. The van der Waals surface area contributed by atoms with Crippen molar-refractivity contribution in [3.05, 3.63) is 17.5 Å². The first-order chi connectivity index (χ1) is 6.06. The van der Waals surface area contributed by atoms with Crippen molar-refractivity contribution in [3.8, 4) is 0 Å². The van der Waals surface area contributed by atoms with Crippen LogP contribution in [0.25, 0.3) is 0 Å². The summed E-state index contributed by atoms with van der Waals surface area (Å²) in [5, 5.41) is 20.6. The van der Waals surface area contributed by atoms with Gasteiger partial charge in [0.15, 0.2) is 0 Å². The summed E-state index contributed by atoms with van der Waals surface area (Å²) < 4.78 is 0. The van der Waals surface area contributed by atoms with Crippen LogP contribution in [0.3, 0.4) is 0 Å². The fraction of sp³-hybridized carbons (Fsp3) is 0.333. The Balaban J connectivity index is 3.69. The molecule has 0 rings (SSSR count). The van der Waals surface area contributed by atoms with Crippen molar-refractivity contribution in [2.75, 3.05) is 13.7 Å². The molecule has 0 aromatic rings. The molecule has 0 aliphatic heterocycles. The number of hydrogen-bond acceptors (Lipinski definition) is 5. The number of nitrogens with one attached hydrogen (secondary N) is 1. The molecule has 0 radical (unpaired) electrons. The fourth-order valence-corrected chi connectivity index (χ4v) is 0.433. The molecule has 1 amide bonds. The van der Waals surface area contributed by atoms with Gasteiger partial charge in [0.2, 0.25) is 5.91 Å². The lowest BCUT2D eigenvalue weighted by atomic mass is 10.5. The van der Waals surface area contributed by atoms with Crippen LogP contribution in [0.15, 0.2) is 12.3 Å². The highest BCUT2D eigenvalue weighted by Crippen LogP contribution is 1.82. The zero-order valence-corrected chi connectivity index (χ0v) is 6.89. The lowest BCUT2D eigenvalue weighted by molar-refractivity contribution is -0.135. The van der Waals surface area contributed by atoms with E-state index in [4.69, 9.17) is 5.11 Å². The van der Waals surface area contributed by atoms with Crippen molar-refractivity contribution < 1.29 is 19.5 Å². The lowest BCUT2D eigenvalue weighted by Gasteiger charge is -2.22. The van der Waals surface area contributed by atoms with Crippen molar-refractivity contribution in [3.63, 3.8) is 0 Å². The first kappa shape index (κ1) is 11.6. The van der Waals surface area contributed by atoms with Gasteiger partial charge in [-0.3, -0.25) is 10.0 Å². The van der Waals surface area contributed by atoms with E-state index >= 15 is 0 Å². The molecule has 7 heteroatoms. The number of carboxylic acids is 1. The minimum Gasteiger partial charge on any atom is -0.762 e. The van der Waals surface area contributed by atoms with Crippen LogP contribution in [0.4, 0.5) is 0 Å². The number of carbonyl (C=O) groups excluding carboxylic acids is 1. The topological polar surface area (TPSA) is 102 Å². The normalized spacial score (nSPS) is 10.7. The number of hydroxylamine groups is 2. The molecule has 74 valence electrons. The second-order valence-electron chi connectivity index (χ2n) is 1.91. The van der Waals surface area contributed by atoms with Gasteiger partial charge in [0.25, 0.3) is 0 Å². The number of carboxylic acid groups (broad SMARTS) is 1. The van der Waals surface area contributed by atoms with Crippen LogP contribution in [0.1, 0.15) is 0 Å². The SMILES string of the molecule is CON([O-])CC(=O)NC=CC(=O)O. The Morgan fingerprint density at radius 1 is 1.69 bits per heavy atom. The van der Waals surface area contributed by atoms with Crippen LogP contribution in [-0.4, -0.2) is 35.9 Å². The highest BCUT2D eigenvalue weighted by atomic mass is 16.9. The smallest absolute Gasteiger partial charge is 0.329 e. The number of aliphatic carboxylic acids is 1. The van der Waals surface area contributed by atoms with Gasteiger partial charge in [-0.05, 0) is 0 Å². The van der Waals surface area contributed by atoms with E-state index in [0.717, 1.165) is 19.4 Å². The average molecular weight is 189 g/mol. The molecular weight excluding hydrogens is 180 g/mol. The van der Waals surface area contributed by atoms with Crippen LogP contribution in [0.2, 0.25) is 0 Å². The Hall–Kier alpha value is -1.44. The van der Waals surface area contributed by atoms with Gasteiger partial charge in [-0.2, -0.15) is 0 Å². The van der Waals surface area contributed by atoms with E-state index in [0.29, 0.717) is 0 Å². The molecule has 0 heterocycles. The Morgan fingerprint density at radius 2 is 2.31 bits per heavy atom. The number of hydrogen-bond donors (Lipinski definition) is 2. The summed E-state index contributed by atoms with van der Waals surface area (Å²) in [4.78, 5) is 24.8. The molecule has 0 saturated heterocycles. The summed E-state index contributed by atoms with van der Waals surface area (Å²) in [7, 11) is 1.12. The molecule has 0 aromatic carbocycles. The van der Waals surface area contributed by atoms with Crippen LogP contribution < -0.4 is 5.32 Å². The van der Waals surface area contributed by atoms with Crippen LogP contribution in [-0.2, 0) is 14.4 Å². The minimum absolute atomic E-state index is 0.0595. The van der Waals surface area contributed by atoms with E-state index in [-0.39, 0.29) is 5.23 Å². The average Bonchev–Trinajstić information content (AvgIpc) is 2.03. The zero-order chi connectivity index (χ0) is 10.3. The second kappa shape index (κ2) is 6.12. The third-order valence-electron chi connectivity index (χ3n) is 0.947. The van der Waals surface area contributed by atoms with Crippen molar-refractivity contribution in [2.45, 2.75) is 0 Å². The molecule has 0 unspecified atom stereocenters. The van der Waals surface area contributed by atoms with Gasteiger partial charge >= 0.3 is 5.97 Å². The van der Waals surface area contributed by atoms with Crippen molar-refractivity contribution in [1.29, 1.82) is 0 Å². The first-order valence-electron chi connectivity index (χ1n) is 3.24. The van der Waals surface area contributed by atoms with Gasteiger partial charge in [0, 0.05) is 12.3 Å². The summed E-state index contributed by atoms with van der Waals surface area (Å²) in [6.07, 6.45) is 1.66. The highest BCUT2D eigenvalue weighted by Gasteiger charge is 1.98. The lowest BCUT2D eigenvalue weighted by Crippen LogP contribution is -2.30. The predicted octanol–water partition coefficient (Wildman–Crippen LogP) is -0.938. The van der Waals surface area contributed by atoms with E-state index in [1.54, 1.807) is 0 Å². The molecule has 0 atom stereocenters. The van der Waals surface area contributed by atoms with Crippen molar-refractivity contribution in [2.24, 2.45) is 0 Å². The molecule has 0 aliphatic rings. The Bertz CT molecular complexity index is 215. The molecule has 0 bridgehead atoms. The van der Waals surface area contributed by atoms with Gasteiger partial charge in [0.1, 0.15) is 0 Å². The fourth-order valence-electron chi connectivity index (χ4n) is 0.433. The molecule has 7 nitrogen and oxygen atoms in total. The largest absolute Gasteiger partial charge is 0.762 e. The van der Waals surface area contributed by atoms with Gasteiger partial charge in [0.05, 0.1) is 13.7 Å². The minimum atomic E-state index is -1.19. The predicted molar refractivity (Wildman–Crippen MR) is 42.0 cm³/mol. The molecule has 0 aliphatic carbocycles. The monoisotopic (exact) mass is 189 g/mol. The molecule has 0 spiro atoms. The maximum absolute atomic E-state index is 10.7. The van der Waals surface area contributed by atoms with Crippen LogP contribution in [0.5, 0.6) is 0 Å². The van der Waals surface area contributed by atoms with Crippen molar-refractivity contribution >= 4 is 11.9 Å². The summed E-state index contributed by atoms with van der Waals surface area (Å²) in [6, 6.07) is 0. The quantitative estimate of drug-likeness (QED) is 0.427. The first-order valence-corrected chi connectivity index (χ1v) is 3.24. The van der Waals surface area contributed by atoms with Crippen LogP contribution >= 0.6 is 0 Å². The van der Waals surface area contributed by atoms with E-state index < -0.39 is 18.4 Å². The van der Waals surface area contributed by atoms with Gasteiger partial charge in [-0.25, -0.2) is 4.79 Å². The molecule has 0 fully saturated rings. The third kappa shape index (κ3) is 6.94. The van der Waals surface area contributed by atoms with Crippen LogP contribution in [0, 0.1) is 5.21 Å². The van der Waals surface area contributed by atoms with E-state index in [9.17, 15) is 14.8 Å². The van der Waals surface area contributed by atoms with Gasteiger partial charge < -0.3 is 20.5 Å². The summed E-state index contributed by atoms with van der Waals surface area (Å²) in [6.45, 7) is -0.513. The summed E-state index contributed by atoms with van der Waals surface area (Å²) in [5.74, 6) is -1.85. The molecule has 0 aromatic heterocycles. The Labute approximate surface area is 74.1 Å². The summed E-state index contributed by atoms with van der Waals surface area (Å²) in [5.41, 5.74) is 0. The third-order valence-corrected chi connectivity index (χ3v) is 0.947. The molecule has 13 heavy (non-hydrogen) atoms. The number of rotatable bonds is 5. The number of amides is 1.